The molecule has 1 aromatic heterocycles. The maximum atomic E-state index is 13.2. The van der Waals surface area contributed by atoms with Gasteiger partial charge in [-0.25, -0.2) is 0 Å². The highest BCUT2D eigenvalue weighted by Crippen LogP contribution is 2.25. The molecule has 0 radical (unpaired) electrons. The van der Waals surface area contributed by atoms with Crippen molar-refractivity contribution >= 4 is 52.3 Å². The minimum absolute atomic E-state index is 0.0287. The summed E-state index contributed by atoms with van der Waals surface area (Å²) in [4.78, 5) is 52.0. The molecule has 2 heterocycles. The molecule has 2 N–H and O–H groups in total. The third-order valence-electron chi connectivity index (χ3n) is 5.95. The Morgan fingerprint density at radius 1 is 1.16 bits per heavy atom. The van der Waals surface area contributed by atoms with E-state index in [9.17, 15) is 24.5 Å². The fourth-order valence-corrected chi connectivity index (χ4v) is 4.37. The van der Waals surface area contributed by atoms with Gasteiger partial charge in [-0.15, -0.1) is 0 Å². The van der Waals surface area contributed by atoms with E-state index in [1.54, 1.807) is 49.2 Å². The number of non-ortho nitro benzene ring substituents is 1. The van der Waals surface area contributed by atoms with Gasteiger partial charge < -0.3 is 10.2 Å². The van der Waals surface area contributed by atoms with Crippen LogP contribution in [0.4, 0.5) is 17.3 Å². The average Bonchev–Trinajstić information content (AvgIpc) is 3.35. The maximum absolute atomic E-state index is 13.2. The molecule has 1 unspecified atom stereocenters. The number of aromatic nitrogens is 2. The third kappa shape index (κ3) is 5.49. The van der Waals surface area contributed by atoms with Crippen LogP contribution in [0.3, 0.4) is 0 Å². The number of nitrogens with one attached hydrogen (secondary N) is 2. The molecule has 0 saturated carbocycles. The Morgan fingerprint density at radius 2 is 1.84 bits per heavy atom. The Labute approximate surface area is 222 Å². The van der Waals surface area contributed by atoms with Crippen molar-refractivity contribution in [2.45, 2.75) is 25.9 Å². The van der Waals surface area contributed by atoms with E-state index in [-0.39, 0.29) is 35.6 Å². The fourth-order valence-electron chi connectivity index (χ4n) is 3.96. The molecule has 2 aromatic carbocycles. The van der Waals surface area contributed by atoms with E-state index in [0.717, 1.165) is 0 Å². The largest absolute Gasteiger partial charge is 0.326 e. The molecule has 3 amide bonds. The second-order valence-electron chi connectivity index (χ2n) is 8.36. The molecule has 1 aliphatic rings. The Bertz CT molecular complexity index is 1390. The zero-order valence-corrected chi connectivity index (χ0v) is 21.3. The van der Waals surface area contributed by atoms with Crippen LogP contribution in [0, 0.1) is 10.1 Å². The first kappa shape index (κ1) is 26.3. The quantitative estimate of drug-likeness (QED) is 0.180. The molecular formula is C24H24N7O6S+. The molecule has 0 bridgehead atoms. The average molecular weight is 539 g/mol. The number of carbonyl (C=O) groups excluding carboxylic acids is 3. The summed E-state index contributed by atoms with van der Waals surface area (Å²) in [7, 11) is 1.62. The smallest absolute Gasteiger partial charge is 0.307 e. The van der Waals surface area contributed by atoms with Crippen LogP contribution in [0.2, 0.25) is 0 Å². The summed E-state index contributed by atoms with van der Waals surface area (Å²) in [6.07, 6.45) is -0.229. The Hall–Kier alpha value is -4.72. The van der Waals surface area contributed by atoms with E-state index in [1.165, 1.54) is 33.8 Å². The number of carbonyl (C=O) groups is 3. The molecule has 1 aliphatic heterocycles. The van der Waals surface area contributed by atoms with Crippen molar-refractivity contribution in [3.63, 3.8) is 0 Å². The topological polar surface area (TPSA) is 155 Å². The van der Waals surface area contributed by atoms with Crippen molar-refractivity contribution in [3.8, 4) is 0 Å². The lowest BCUT2D eigenvalue weighted by atomic mass is 10.1. The molecular weight excluding hydrogens is 514 g/mol. The second-order valence-corrected chi connectivity index (χ2v) is 8.72. The zero-order valence-electron chi connectivity index (χ0n) is 20.5. The van der Waals surface area contributed by atoms with Gasteiger partial charge in [0.2, 0.25) is 11.2 Å². The number of nitrogens with zero attached hydrogens (tertiary/aromatic N) is 5. The van der Waals surface area contributed by atoms with Gasteiger partial charge in [-0.1, -0.05) is 18.2 Å². The van der Waals surface area contributed by atoms with Gasteiger partial charge in [0, 0.05) is 29.9 Å². The van der Waals surface area contributed by atoms with Crippen LogP contribution in [0.5, 0.6) is 0 Å². The Balaban J connectivity index is 1.52. The molecule has 3 aromatic rings. The Morgan fingerprint density at radius 3 is 2.47 bits per heavy atom. The van der Waals surface area contributed by atoms with Crippen molar-refractivity contribution in [1.29, 1.82) is 0 Å². The lowest BCUT2D eigenvalue weighted by Crippen LogP contribution is -2.43. The SMILES string of the molecule is CCN1C(=O)C(CC(=O)Nc2ccc([N+](=O)[O-])cc2)N(Cc2c(NC(=O)c3ccccc3)on[n+]2C)C1=S. The number of hydrogen-bond acceptors (Lipinski definition) is 8. The van der Waals surface area contributed by atoms with Crippen LogP contribution in [0.1, 0.15) is 29.4 Å². The molecule has 1 saturated heterocycles. The van der Waals surface area contributed by atoms with Gasteiger partial charge in [0.1, 0.15) is 12.6 Å². The van der Waals surface area contributed by atoms with E-state index in [2.05, 4.69) is 15.9 Å². The van der Waals surface area contributed by atoms with Crippen LogP contribution in [0.15, 0.2) is 59.1 Å². The molecule has 13 nitrogen and oxygen atoms in total. The molecule has 38 heavy (non-hydrogen) atoms. The van der Waals surface area contributed by atoms with Crippen LogP contribution in [-0.4, -0.2) is 55.4 Å². The van der Waals surface area contributed by atoms with Crippen molar-refractivity contribution in [2.75, 3.05) is 17.2 Å². The van der Waals surface area contributed by atoms with E-state index < -0.39 is 22.8 Å². The van der Waals surface area contributed by atoms with Crippen LogP contribution < -0.4 is 15.3 Å². The third-order valence-corrected chi connectivity index (χ3v) is 6.41. The molecule has 0 spiro atoms. The minimum Gasteiger partial charge on any atom is -0.326 e. The van der Waals surface area contributed by atoms with Crippen LogP contribution in [0.25, 0.3) is 0 Å². The molecule has 0 aliphatic carbocycles. The second kappa shape index (κ2) is 11.1. The number of nitro benzene ring substituents is 1. The number of amides is 3. The number of benzene rings is 2. The highest BCUT2D eigenvalue weighted by atomic mass is 32.1. The van der Waals surface area contributed by atoms with Gasteiger partial charge >= 0.3 is 5.88 Å². The van der Waals surface area contributed by atoms with Gasteiger partial charge in [-0.3, -0.25) is 39.2 Å². The van der Waals surface area contributed by atoms with Crippen molar-refractivity contribution < 1.29 is 28.5 Å². The number of thiocarbonyl (C=S) groups is 1. The number of likely N-dealkylation sites (N-methyl/N-ethyl adjacent to an activating group) is 1. The summed E-state index contributed by atoms with van der Waals surface area (Å²) in [5.41, 5.74) is 1.09. The van der Waals surface area contributed by atoms with E-state index in [4.69, 9.17) is 16.7 Å². The van der Waals surface area contributed by atoms with Crippen LogP contribution >= 0.6 is 12.2 Å². The van der Waals surface area contributed by atoms with E-state index in [0.29, 0.717) is 23.5 Å². The monoisotopic (exact) mass is 538 g/mol. The fraction of sp³-hybridized carbons (Fsp3) is 0.250. The van der Waals surface area contributed by atoms with E-state index >= 15 is 0 Å². The first-order chi connectivity index (χ1) is 18.2. The summed E-state index contributed by atoms with van der Waals surface area (Å²) < 4.78 is 6.73. The summed E-state index contributed by atoms with van der Waals surface area (Å²) in [5, 5.41) is 20.3. The van der Waals surface area contributed by atoms with Crippen molar-refractivity contribution in [3.05, 3.63) is 76.0 Å². The summed E-state index contributed by atoms with van der Waals surface area (Å²) in [6.45, 7) is 2.11. The summed E-state index contributed by atoms with van der Waals surface area (Å²) >= 11 is 5.55. The lowest BCUT2D eigenvalue weighted by molar-refractivity contribution is -0.746. The van der Waals surface area contributed by atoms with Crippen LogP contribution in [-0.2, 0) is 23.2 Å². The van der Waals surface area contributed by atoms with Gasteiger partial charge in [0.15, 0.2) is 12.2 Å². The number of anilines is 2. The predicted octanol–water partition coefficient (Wildman–Crippen LogP) is 2.01. The molecule has 4 rings (SSSR count). The molecule has 14 heteroatoms. The first-order valence-electron chi connectivity index (χ1n) is 11.6. The molecule has 1 atom stereocenters. The predicted molar refractivity (Wildman–Crippen MR) is 138 cm³/mol. The number of rotatable bonds is 9. The molecule has 196 valence electrons. The number of nitro groups is 1. The lowest BCUT2D eigenvalue weighted by Gasteiger charge is -2.21. The minimum atomic E-state index is -0.923. The maximum Gasteiger partial charge on any atom is 0.307 e. The van der Waals surface area contributed by atoms with Gasteiger partial charge in [-0.05, 0) is 48.1 Å². The highest BCUT2D eigenvalue weighted by molar-refractivity contribution is 7.80. The zero-order chi connectivity index (χ0) is 27.4. The number of hydrogen-bond donors (Lipinski definition) is 2. The van der Waals surface area contributed by atoms with Crippen molar-refractivity contribution in [2.24, 2.45) is 7.05 Å². The Kier molecular flexibility index (Phi) is 7.71. The molecule has 1 fully saturated rings. The summed E-state index contributed by atoms with van der Waals surface area (Å²) in [6, 6.07) is 13.0. The number of aryl methyl sites for hydroxylation is 1. The van der Waals surface area contributed by atoms with Gasteiger partial charge in [0.25, 0.3) is 23.2 Å². The van der Waals surface area contributed by atoms with Crippen molar-refractivity contribution in [1.82, 2.24) is 15.1 Å². The standard InChI is InChI=1S/C24H23N7O6S/c1-3-29-23(34)18(13-20(32)25-16-9-11-17(12-10-16)31(35)36)30(24(29)38)14-19-22(37-27-28(19)2)26-21(33)15-7-5-4-6-8-15/h4-12,18H,3,13-14H2,1-2H3,(H-,25,26,27,32,33)/p+1. The van der Waals surface area contributed by atoms with Gasteiger partial charge in [0.05, 0.1) is 11.3 Å². The first-order valence-corrected chi connectivity index (χ1v) is 12.0. The summed E-state index contributed by atoms with van der Waals surface area (Å²) in [5.74, 6) is -1.14. The van der Waals surface area contributed by atoms with Gasteiger partial charge in [-0.2, -0.15) is 0 Å². The van der Waals surface area contributed by atoms with E-state index in [1.807, 2.05) is 0 Å². The normalized spacial score (nSPS) is 15.1. The highest BCUT2D eigenvalue weighted by Gasteiger charge is 2.44.